The SMILES string of the molecule is COc1ccccc1NC(=O)N1CCc2nc(NC(C)=O)sc2C1. The van der Waals surface area contributed by atoms with Crippen molar-refractivity contribution in [2.24, 2.45) is 0 Å². The fraction of sp³-hybridized carbons (Fsp3) is 0.312. The van der Waals surface area contributed by atoms with E-state index in [-0.39, 0.29) is 11.9 Å². The molecule has 0 saturated carbocycles. The van der Waals surface area contributed by atoms with Crippen molar-refractivity contribution < 1.29 is 14.3 Å². The van der Waals surface area contributed by atoms with E-state index in [1.807, 2.05) is 12.1 Å². The van der Waals surface area contributed by atoms with Gasteiger partial charge in [-0.05, 0) is 12.1 Å². The molecule has 126 valence electrons. The van der Waals surface area contributed by atoms with Crippen molar-refractivity contribution in [3.63, 3.8) is 0 Å². The van der Waals surface area contributed by atoms with Crippen LogP contribution in [0.15, 0.2) is 24.3 Å². The van der Waals surface area contributed by atoms with Gasteiger partial charge in [-0.3, -0.25) is 4.79 Å². The summed E-state index contributed by atoms with van der Waals surface area (Å²) in [5.41, 5.74) is 1.59. The average molecular weight is 346 g/mol. The van der Waals surface area contributed by atoms with Crippen molar-refractivity contribution in [3.8, 4) is 5.75 Å². The van der Waals surface area contributed by atoms with Crippen LogP contribution in [0.25, 0.3) is 0 Å². The molecule has 2 aromatic rings. The number of nitrogens with zero attached hydrogens (tertiary/aromatic N) is 2. The number of carbonyl (C=O) groups excluding carboxylic acids is 2. The molecule has 1 aliphatic heterocycles. The number of ether oxygens (including phenoxy) is 1. The van der Waals surface area contributed by atoms with Gasteiger partial charge in [-0.1, -0.05) is 23.5 Å². The van der Waals surface area contributed by atoms with Gasteiger partial charge in [-0.25, -0.2) is 9.78 Å². The Hall–Kier alpha value is -2.61. The van der Waals surface area contributed by atoms with Gasteiger partial charge in [-0.15, -0.1) is 0 Å². The lowest BCUT2D eigenvalue weighted by Crippen LogP contribution is -2.38. The lowest BCUT2D eigenvalue weighted by Gasteiger charge is -2.26. The van der Waals surface area contributed by atoms with Crippen LogP contribution in [0.5, 0.6) is 5.75 Å². The number of anilines is 2. The number of benzene rings is 1. The summed E-state index contributed by atoms with van der Waals surface area (Å²) in [6.07, 6.45) is 0.671. The fourth-order valence-electron chi connectivity index (χ4n) is 2.52. The number of hydrogen-bond donors (Lipinski definition) is 2. The molecule has 0 saturated heterocycles. The molecule has 0 fully saturated rings. The fourth-order valence-corrected chi connectivity index (χ4v) is 3.58. The first-order valence-corrected chi connectivity index (χ1v) is 8.33. The van der Waals surface area contributed by atoms with Gasteiger partial charge in [0.25, 0.3) is 0 Å². The summed E-state index contributed by atoms with van der Waals surface area (Å²) >= 11 is 1.41. The number of urea groups is 1. The minimum atomic E-state index is -0.181. The van der Waals surface area contributed by atoms with E-state index in [9.17, 15) is 9.59 Å². The van der Waals surface area contributed by atoms with Crippen LogP contribution in [0, 0.1) is 0 Å². The van der Waals surface area contributed by atoms with Gasteiger partial charge in [0.15, 0.2) is 5.13 Å². The molecule has 2 N–H and O–H groups in total. The van der Waals surface area contributed by atoms with E-state index < -0.39 is 0 Å². The van der Waals surface area contributed by atoms with E-state index in [0.29, 0.717) is 36.1 Å². The lowest BCUT2D eigenvalue weighted by molar-refractivity contribution is -0.114. The van der Waals surface area contributed by atoms with E-state index >= 15 is 0 Å². The number of hydrogen-bond acceptors (Lipinski definition) is 5. The molecule has 0 atom stereocenters. The Bertz CT molecular complexity index is 774. The lowest BCUT2D eigenvalue weighted by atomic mass is 10.2. The third-order valence-electron chi connectivity index (χ3n) is 3.65. The summed E-state index contributed by atoms with van der Waals surface area (Å²) in [4.78, 5) is 30.8. The number of carbonyl (C=O) groups is 2. The van der Waals surface area contributed by atoms with Crippen LogP contribution >= 0.6 is 11.3 Å². The first-order valence-electron chi connectivity index (χ1n) is 7.52. The van der Waals surface area contributed by atoms with Gasteiger partial charge in [0.1, 0.15) is 5.75 Å². The van der Waals surface area contributed by atoms with Gasteiger partial charge in [-0.2, -0.15) is 0 Å². The zero-order chi connectivity index (χ0) is 17.1. The Morgan fingerprint density at radius 3 is 2.83 bits per heavy atom. The molecule has 0 radical (unpaired) electrons. The summed E-state index contributed by atoms with van der Waals surface area (Å²) in [5.74, 6) is 0.473. The number of fused-ring (bicyclic) bond motifs is 1. The molecule has 8 heteroatoms. The average Bonchev–Trinajstić information content (AvgIpc) is 2.95. The van der Waals surface area contributed by atoms with E-state index in [1.54, 1.807) is 24.1 Å². The van der Waals surface area contributed by atoms with E-state index in [0.717, 1.165) is 10.6 Å². The van der Waals surface area contributed by atoms with Crippen LogP contribution in [0.1, 0.15) is 17.5 Å². The molecule has 1 aliphatic rings. The second-order valence-electron chi connectivity index (χ2n) is 5.37. The third kappa shape index (κ3) is 3.48. The quantitative estimate of drug-likeness (QED) is 0.895. The molecule has 0 bridgehead atoms. The molecule has 0 spiro atoms. The number of amides is 3. The Morgan fingerprint density at radius 1 is 1.29 bits per heavy atom. The van der Waals surface area contributed by atoms with E-state index in [1.165, 1.54) is 18.3 Å². The molecular formula is C16H18N4O3S. The number of thiazole rings is 1. The number of nitrogens with one attached hydrogen (secondary N) is 2. The Morgan fingerprint density at radius 2 is 2.08 bits per heavy atom. The number of para-hydroxylation sites is 2. The molecule has 1 aromatic heterocycles. The van der Waals surface area contributed by atoms with Crippen molar-refractivity contribution >= 4 is 34.1 Å². The standard InChI is InChI=1S/C16H18N4O3S/c1-10(21)17-15-18-12-7-8-20(9-14(12)24-15)16(22)19-11-5-3-4-6-13(11)23-2/h3-6H,7-9H2,1-2H3,(H,19,22)(H,17,18,21). The highest BCUT2D eigenvalue weighted by atomic mass is 32.1. The Balaban J connectivity index is 1.69. The first kappa shape index (κ1) is 16.3. The van der Waals surface area contributed by atoms with Crippen LogP contribution in [-0.2, 0) is 17.8 Å². The summed E-state index contributed by atoms with van der Waals surface area (Å²) in [7, 11) is 1.57. The maximum absolute atomic E-state index is 12.5. The second kappa shape index (κ2) is 6.88. The number of rotatable bonds is 3. The Kier molecular flexibility index (Phi) is 4.66. The highest BCUT2D eigenvalue weighted by Crippen LogP contribution is 2.29. The van der Waals surface area contributed by atoms with Crippen molar-refractivity contribution in [3.05, 3.63) is 34.8 Å². The number of aromatic nitrogens is 1. The third-order valence-corrected chi connectivity index (χ3v) is 4.65. The van der Waals surface area contributed by atoms with Gasteiger partial charge in [0.05, 0.1) is 25.0 Å². The van der Waals surface area contributed by atoms with Crippen LogP contribution in [0.3, 0.4) is 0 Å². The van der Waals surface area contributed by atoms with Crippen molar-refractivity contribution in [1.29, 1.82) is 0 Å². The van der Waals surface area contributed by atoms with E-state index in [4.69, 9.17) is 4.74 Å². The zero-order valence-electron chi connectivity index (χ0n) is 13.5. The number of methoxy groups -OCH3 is 1. The smallest absolute Gasteiger partial charge is 0.322 e. The molecule has 0 aliphatic carbocycles. The molecular weight excluding hydrogens is 328 g/mol. The molecule has 2 heterocycles. The van der Waals surface area contributed by atoms with Crippen LogP contribution < -0.4 is 15.4 Å². The molecule has 7 nitrogen and oxygen atoms in total. The second-order valence-corrected chi connectivity index (χ2v) is 6.46. The van der Waals surface area contributed by atoms with Crippen molar-refractivity contribution in [2.75, 3.05) is 24.3 Å². The monoisotopic (exact) mass is 346 g/mol. The normalized spacial score (nSPS) is 13.2. The summed E-state index contributed by atoms with van der Waals surface area (Å²) < 4.78 is 5.25. The molecule has 1 aromatic carbocycles. The molecule has 24 heavy (non-hydrogen) atoms. The van der Waals surface area contributed by atoms with Gasteiger partial charge >= 0.3 is 6.03 Å². The minimum Gasteiger partial charge on any atom is -0.495 e. The van der Waals surface area contributed by atoms with Crippen LogP contribution in [0.4, 0.5) is 15.6 Å². The summed E-state index contributed by atoms with van der Waals surface area (Å²) in [6.45, 7) is 2.51. The van der Waals surface area contributed by atoms with Gasteiger partial charge in [0.2, 0.25) is 5.91 Å². The highest BCUT2D eigenvalue weighted by Gasteiger charge is 2.24. The van der Waals surface area contributed by atoms with Gasteiger partial charge in [0, 0.05) is 24.8 Å². The predicted molar refractivity (Wildman–Crippen MR) is 92.5 cm³/mol. The first-order chi connectivity index (χ1) is 11.6. The topological polar surface area (TPSA) is 83.6 Å². The largest absolute Gasteiger partial charge is 0.495 e. The van der Waals surface area contributed by atoms with E-state index in [2.05, 4.69) is 15.6 Å². The van der Waals surface area contributed by atoms with Gasteiger partial charge < -0.3 is 20.3 Å². The zero-order valence-corrected chi connectivity index (χ0v) is 14.3. The maximum Gasteiger partial charge on any atom is 0.322 e. The van der Waals surface area contributed by atoms with Crippen molar-refractivity contribution in [1.82, 2.24) is 9.88 Å². The summed E-state index contributed by atoms with van der Waals surface area (Å²) in [6, 6.07) is 7.11. The highest BCUT2D eigenvalue weighted by molar-refractivity contribution is 7.15. The van der Waals surface area contributed by atoms with Crippen molar-refractivity contribution in [2.45, 2.75) is 19.9 Å². The Labute approximate surface area is 143 Å². The minimum absolute atomic E-state index is 0.146. The molecule has 3 rings (SSSR count). The molecule has 0 unspecified atom stereocenters. The maximum atomic E-state index is 12.5. The van der Waals surface area contributed by atoms with Crippen LogP contribution in [0.2, 0.25) is 0 Å². The molecule has 3 amide bonds. The predicted octanol–water partition coefficient (Wildman–Crippen LogP) is 2.70. The van der Waals surface area contributed by atoms with Crippen LogP contribution in [-0.4, -0.2) is 35.5 Å². The summed E-state index contributed by atoms with van der Waals surface area (Å²) in [5, 5.41) is 6.15.